The number of hydrogen-bond acceptors (Lipinski definition) is 2. The van der Waals surface area contributed by atoms with Gasteiger partial charge in [0.15, 0.2) is 0 Å². The Morgan fingerprint density at radius 3 is 1.00 bits per heavy atom. The van der Waals surface area contributed by atoms with E-state index < -0.39 is 0 Å². The summed E-state index contributed by atoms with van der Waals surface area (Å²) < 4.78 is 0. The molecule has 0 fully saturated rings. The molecule has 0 atom stereocenters. The summed E-state index contributed by atoms with van der Waals surface area (Å²) in [5, 5.41) is 7.77. The number of para-hydroxylation sites is 4. The monoisotopic (exact) mass is 906 g/mol. The van der Waals surface area contributed by atoms with Crippen molar-refractivity contribution in [1.82, 2.24) is 0 Å². The van der Waals surface area contributed by atoms with Crippen molar-refractivity contribution in [2.75, 3.05) is 9.80 Å². The quantitative estimate of drug-likeness (QED) is 0.113. The lowest BCUT2D eigenvalue weighted by Crippen LogP contribution is -2.36. The molecular formula is C68H62N2. The first-order valence-electron chi connectivity index (χ1n) is 26.1. The smallest absolute Gasteiger partial charge is 0.0502 e. The van der Waals surface area contributed by atoms with Crippen molar-refractivity contribution >= 4 is 66.4 Å². The standard InChI is InChI=1S/C68H62N2/c1-5-38-67(39-6-2)59-28-13-17-32-63(59)69(64-33-18-14-29-60(64)67)51-43-50(44-52(46-51)70-65-34-19-15-30-61(65)68(40-7-3,41-8-4)62-31-16-20-35-66(62)70)48-23-21-22-47(42-48)49-36-37-57-55-26-10-9-24-53(55)54-25-11-12-27-56(54)58(57)45-49/h9-37,42-46H,5-8,38-41H2,1-4H3. The van der Waals surface area contributed by atoms with E-state index in [1.54, 1.807) is 0 Å². The molecule has 10 aromatic carbocycles. The molecule has 344 valence electrons. The number of fused-ring (bicyclic) bond motifs is 10. The molecule has 0 saturated heterocycles. The average molecular weight is 907 g/mol. The summed E-state index contributed by atoms with van der Waals surface area (Å²) in [5.41, 5.74) is 17.8. The molecule has 0 bridgehead atoms. The van der Waals surface area contributed by atoms with Crippen LogP contribution in [0, 0.1) is 0 Å². The van der Waals surface area contributed by atoms with Crippen LogP contribution in [-0.2, 0) is 10.8 Å². The van der Waals surface area contributed by atoms with Crippen LogP contribution >= 0.6 is 0 Å². The molecule has 0 N–H and O–H groups in total. The zero-order chi connectivity index (χ0) is 47.4. The lowest BCUT2D eigenvalue weighted by atomic mass is 9.65. The fourth-order valence-corrected chi connectivity index (χ4v) is 13.4. The minimum absolute atomic E-state index is 0.0634. The zero-order valence-corrected chi connectivity index (χ0v) is 41.2. The molecule has 70 heavy (non-hydrogen) atoms. The Balaban J connectivity index is 1.10. The maximum atomic E-state index is 2.59. The fraction of sp³-hybridized carbons (Fsp3) is 0.206. The Morgan fingerprint density at radius 1 is 0.271 bits per heavy atom. The summed E-state index contributed by atoms with van der Waals surface area (Å²) in [7, 11) is 0. The van der Waals surface area contributed by atoms with E-state index in [-0.39, 0.29) is 10.8 Å². The van der Waals surface area contributed by atoms with Gasteiger partial charge in [-0.05, 0) is 157 Å². The summed E-state index contributed by atoms with van der Waals surface area (Å²) >= 11 is 0. The van der Waals surface area contributed by atoms with Gasteiger partial charge in [-0.2, -0.15) is 0 Å². The first-order chi connectivity index (χ1) is 34.5. The molecule has 0 saturated carbocycles. The summed E-state index contributed by atoms with van der Waals surface area (Å²) in [5.74, 6) is 0. The van der Waals surface area contributed by atoms with E-state index in [9.17, 15) is 0 Å². The maximum Gasteiger partial charge on any atom is 0.0502 e. The van der Waals surface area contributed by atoms with Crippen LogP contribution in [-0.4, -0.2) is 0 Å². The summed E-state index contributed by atoms with van der Waals surface area (Å²) in [6, 6.07) is 78.7. The van der Waals surface area contributed by atoms with Gasteiger partial charge in [0, 0.05) is 22.2 Å². The topological polar surface area (TPSA) is 6.48 Å². The highest BCUT2D eigenvalue weighted by molar-refractivity contribution is 6.25. The molecule has 2 heterocycles. The van der Waals surface area contributed by atoms with Gasteiger partial charge in [0.25, 0.3) is 0 Å². The highest BCUT2D eigenvalue weighted by Gasteiger charge is 2.44. The average Bonchev–Trinajstić information content (AvgIpc) is 3.41. The predicted octanol–water partition coefficient (Wildman–Crippen LogP) is 19.8. The van der Waals surface area contributed by atoms with Gasteiger partial charge >= 0.3 is 0 Å². The van der Waals surface area contributed by atoms with Crippen molar-refractivity contribution < 1.29 is 0 Å². The Hall–Kier alpha value is -7.42. The molecule has 10 aromatic rings. The number of hydrogen-bond donors (Lipinski definition) is 0. The summed E-state index contributed by atoms with van der Waals surface area (Å²) in [6.45, 7) is 9.41. The number of nitrogens with zero attached hydrogens (tertiary/aromatic N) is 2. The lowest BCUT2D eigenvalue weighted by Gasteiger charge is -2.47. The van der Waals surface area contributed by atoms with E-state index in [1.807, 2.05) is 0 Å². The lowest BCUT2D eigenvalue weighted by molar-refractivity contribution is 0.423. The molecule has 0 aliphatic carbocycles. The number of anilines is 6. The Morgan fingerprint density at radius 2 is 0.600 bits per heavy atom. The predicted molar refractivity (Wildman–Crippen MR) is 300 cm³/mol. The minimum atomic E-state index is -0.0634. The van der Waals surface area contributed by atoms with Crippen LogP contribution in [0.2, 0.25) is 0 Å². The molecule has 2 aliphatic rings. The molecule has 2 heteroatoms. The van der Waals surface area contributed by atoms with E-state index in [4.69, 9.17) is 0 Å². The highest BCUT2D eigenvalue weighted by Crippen LogP contribution is 2.59. The van der Waals surface area contributed by atoms with Gasteiger partial charge in [-0.3, -0.25) is 0 Å². The normalized spacial score (nSPS) is 14.3. The third kappa shape index (κ3) is 6.82. The van der Waals surface area contributed by atoms with Crippen molar-refractivity contribution in [2.45, 2.75) is 89.9 Å². The van der Waals surface area contributed by atoms with E-state index in [2.05, 4.69) is 244 Å². The van der Waals surface area contributed by atoms with E-state index in [1.165, 1.54) is 99.6 Å². The highest BCUT2D eigenvalue weighted by atomic mass is 15.2. The Labute approximate surface area is 414 Å². The van der Waals surface area contributed by atoms with Gasteiger partial charge in [0.05, 0.1) is 22.7 Å². The molecule has 2 aliphatic heterocycles. The minimum Gasteiger partial charge on any atom is -0.310 e. The van der Waals surface area contributed by atoms with Gasteiger partial charge in [-0.15, -0.1) is 0 Å². The first-order valence-corrected chi connectivity index (χ1v) is 26.1. The van der Waals surface area contributed by atoms with Gasteiger partial charge in [0.1, 0.15) is 0 Å². The summed E-state index contributed by atoms with van der Waals surface area (Å²) in [4.78, 5) is 5.17. The molecule has 0 spiro atoms. The number of rotatable bonds is 12. The van der Waals surface area contributed by atoms with Gasteiger partial charge in [-0.1, -0.05) is 205 Å². The third-order valence-electron chi connectivity index (χ3n) is 16.0. The van der Waals surface area contributed by atoms with Gasteiger partial charge in [-0.25, -0.2) is 0 Å². The van der Waals surface area contributed by atoms with Crippen LogP contribution in [0.1, 0.15) is 101 Å². The van der Waals surface area contributed by atoms with Crippen molar-refractivity contribution in [2.24, 2.45) is 0 Å². The van der Waals surface area contributed by atoms with E-state index in [0.29, 0.717) is 0 Å². The van der Waals surface area contributed by atoms with Crippen molar-refractivity contribution in [1.29, 1.82) is 0 Å². The fourth-order valence-electron chi connectivity index (χ4n) is 13.4. The van der Waals surface area contributed by atoms with Crippen LogP contribution in [0.5, 0.6) is 0 Å². The summed E-state index contributed by atoms with van der Waals surface area (Å²) in [6.07, 6.45) is 8.92. The van der Waals surface area contributed by atoms with Crippen LogP contribution in [0.25, 0.3) is 54.6 Å². The van der Waals surface area contributed by atoms with E-state index >= 15 is 0 Å². The van der Waals surface area contributed by atoms with Crippen molar-refractivity contribution in [3.05, 3.63) is 229 Å². The van der Waals surface area contributed by atoms with Gasteiger partial charge in [0.2, 0.25) is 0 Å². The van der Waals surface area contributed by atoms with Crippen LogP contribution < -0.4 is 9.80 Å². The molecule has 0 aromatic heterocycles. The molecule has 0 radical (unpaired) electrons. The van der Waals surface area contributed by atoms with Crippen molar-refractivity contribution in [3.63, 3.8) is 0 Å². The second-order valence-electron chi connectivity index (χ2n) is 20.1. The second-order valence-corrected chi connectivity index (χ2v) is 20.1. The van der Waals surface area contributed by atoms with Crippen molar-refractivity contribution in [3.8, 4) is 22.3 Å². The molecule has 0 amide bonds. The van der Waals surface area contributed by atoms with Gasteiger partial charge < -0.3 is 9.80 Å². The Bertz CT molecular complexity index is 3320. The van der Waals surface area contributed by atoms with Crippen LogP contribution in [0.15, 0.2) is 206 Å². The largest absolute Gasteiger partial charge is 0.310 e. The first kappa shape index (κ1) is 43.8. The van der Waals surface area contributed by atoms with E-state index in [0.717, 1.165) is 62.7 Å². The maximum absolute atomic E-state index is 2.59. The number of benzene rings is 10. The molecular weight excluding hydrogens is 845 g/mol. The Kier molecular flexibility index (Phi) is 11.2. The zero-order valence-electron chi connectivity index (χ0n) is 41.2. The second kappa shape index (κ2) is 17.8. The molecule has 0 unspecified atom stereocenters. The van der Waals surface area contributed by atoms with Crippen LogP contribution in [0.4, 0.5) is 34.1 Å². The third-order valence-corrected chi connectivity index (χ3v) is 16.0. The molecule has 2 nitrogen and oxygen atoms in total. The van der Waals surface area contributed by atoms with Crippen LogP contribution in [0.3, 0.4) is 0 Å². The SMILES string of the molecule is CCCC1(CCC)c2ccccc2N(c2cc(-c3cccc(-c4ccc5c6ccccc6c6ccccc6c5c4)c3)cc(N3c4ccccc4C(CCC)(CCC)c4ccccc43)c2)c2ccccc21. The molecule has 12 rings (SSSR count).